The third-order valence-corrected chi connectivity index (χ3v) is 2.52. The summed E-state index contributed by atoms with van der Waals surface area (Å²) in [5, 5.41) is 0. The van der Waals surface area contributed by atoms with E-state index in [9.17, 15) is 4.79 Å². The second-order valence-corrected chi connectivity index (χ2v) is 4.19. The van der Waals surface area contributed by atoms with E-state index >= 15 is 0 Å². The maximum atomic E-state index is 11.8. The fraction of sp³-hybridized carbons (Fsp3) is 0.500. The molecule has 2 N–H and O–H groups in total. The molecule has 0 aliphatic rings. The Balaban J connectivity index is 2.92. The second-order valence-electron chi connectivity index (χ2n) is 4.19. The molecule has 0 heterocycles. The molecule has 0 spiro atoms. The van der Waals surface area contributed by atoms with E-state index in [-0.39, 0.29) is 12.1 Å². The number of anilines is 1. The number of rotatable bonds is 6. The van der Waals surface area contributed by atoms with Crippen LogP contribution in [0.1, 0.15) is 44.0 Å². The Morgan fingerprint density at radius 1 is 1.39 bits per heavy atom. The van der Waals surface area contributed by atoms with Crippen molar-refractivity contribution < 1.29 is 14.3 Å². The highest BCUT2D eigenvalue weighted by Gasteiger charge is 2.15. The lowest BCUT2D eigenvalue weighted by Gasteiger charge is -2.16. The summed E-state index contributed by atoms with van der Waals surface area (Å²) in [6.45, 7) is 6.18. The van der Waals surface area contributed by atoms with Crippen LogP contribution in [0.15, 0.2) is 18.2 Å². The molecule has 0 fully saturated rings. The molecule has 0 saturated heterocycles. The topological polar surface area (TPSA) is 61.5 Å². The first-order valence-corrected chi connectivity index (χ1v) is 6.31. The standard InChI is InChI=1S/C14H21NO3/c1-4-6-10(3)18-13-9-11(15)7-8-12(13)14(16)17-5-2/h7-10H,4-6,15H2,1-3H3. The van der Waals surface area contributed by atoms with E-state index in [0.717, 1.165) is 12.8 Å². The number of carbonyl (C=O) groups is 1. The van der Waals surface area contributed by atoms with Gasteiger partial charge in [-0.3, -0.25) is 0 Å². The van der Waals surface area contributed by atoms with E-state index in [4.69, 9.17) is 15.2 Å². The zero-order valence-electron chi connectivity index (χ0n) is 11.2. The van der Waals surface area contributed by atoms with Gasteiger partial charge in [-0.25, -0.2) is 4.79 Å². The monoisotopic (exact) mass is 251 g/mol. The van der Waals surface area contributed by atoms with Gasteiger partial charge >= 0.3 is 5.97 Å². The van der Waals surface area contributed by atoms with Crippen molar-refractivity contribution in [1.29, 1.82) is 0 Å². The molecule has 0 aromatic heterocycles. The lowest BCUT2D eigenvalue weighted by molar-refractivity contribution is 0.0519. The second kappa shape index (κ2) is 6.89. The van der Waals surface area contributed by atoms with Gasteiger partial charge in [0, 0.05) is 11.8 Å². The summed E-state index contributed by atoms with van der Waals surface area (Å²) in [7, 11) is 0. The van der Waals surface area contributed by atoms with Crippen molar-refractivity contribution in [3.05, 3.63) is 23.8 Å². The maximum Gasteiger partial charge on any atom is 0.341 e. The molecule has 1 rings (SSSR count). The first-order chi connectivity index (χ1) is 8.58. The third-order valence-electron chi connectivity index (χ3n) is 2.52. The largest absolute Gasteiger partial charge is 0.490 e. The molecule has 100 valence electrons. The molecule has 1 atom stereocenters. The van der Waals surface area contributed by atoms with E-state index in [1.807, 2.05) is 6.92 Å². The molecule has 0 radical (unpaired) electrons. The van der Waals surface area contributed by atoms with Crippen LogP contribution in [0.25, 0.3) is 0 Å². The van der Waals surface area contributed by atoms with E-state index in [1.54, 1.807) is 25.1 Å². The summed E-state index contributed by atoms with van der Waals surface area (Å²) in [4.78, 5) is 11.8. The van der Waals surface area contributed by atoms with Crippen molar-refractivity contribution in [2.45, 2.75) is 39.7 Å². The normalized spacial score (nSPS) is 11.9. The fourth-order valence-electron chi connectivity index (χ4n) is 1.70. The highest BCUT2D eigenvalue weighted by Crippen LogP contribution is 2.24. The van der Waals surface area contributed by atoms with Gasteiger partial charge < -0.3 is 15.2 Å². The van der Waals surface area contributed by atoms with Crippen LogP contribution >= 0.6 is 0 Å². The van der Waals surface area contributed by atoms with Gasteiger partial charge in [0.15, 0.2) is 0 Å². The highest BCUT2D eigenvalue weighted by atomic mass is 16.5. The van der Waals surface area contributed by atoms with Gasteiger partial charge in [-0.1, -0.05) is 13.3 Å². The molecule has 4 heteroatoms. The van der Waals surface area contributed by atoms with Crippen LogP contribution in [0.3, 0.4) is 0 Å². The number of benzene rings is 1. The van der Waals surface area contributed by atoms with Gasteiger partial charge in [0.1, 0.15) is 11.3 Å². The number of carbonyl (C=O) groups excluding carboxylic acids is 1. The summed E-state index contributed by atoms with van der Waals surface area (Å²) < 4.78 is 10.7. The van der Waals surface area contributed by atoms with Gasteiger partial charge in [0.25, 0.3) is 0 Å². The van der Waals surface area contributed by atoms with Crippen LogP contribution in [-0.4, -0.2) is 18.7 Å². The average Bonchev–Trinajstić information content (AvgIpc) is 2.29. The van der Waals surface area contributed by atoms with Crippen LogP contribution in [0.4, 0.5) is 5.69 Å². The smallest absolute Gasteiger partial charge is 0.341 e. The minimum Gasteiger partial charge on any atom is -0.490 e. The van der Waals surface area contributed by atoms with Gasteiger partial charge in [-0.15, -0.1) is 0 Å². The minimum atomic E-state index is -0.379. The lowest BCUT2D eigenvalue weighted by atomic mass is 10.1. The Labute approximate surface area is 108 Å². The number of hydrogen-bond acceptors (Lipinski definition) is 4. The number of esters is 1. The Bertz CT molecular complexity index is 404. The molecule has 0 amide bonds. The molecule has 0 aliphatic carbocycles. The number of nitrogen functional groups attached to an aromatic ring is 1. The maximum absolute atomic E-state index is 11.8. The SMILES string of the molecule is CCCC(C)Oc1cc(N)ccc1C(=O)OCC. The van der Waals surface area contributed by atoms with Crippen molar-refractivity contribution in [3.63, 3.8) is 0 Å². The molecule has 4 nitrogen and oxygen atoms in total. The molecule has 1 unspecified atom stereocenters. The van der Waals surface area contributed by atoms with E-state index < -0.39 is 0 Å². The van der Waals surface area contributed by atoms with Crippen molar-refractivity contribution in [2.24, 2.45) is 0 Å². The molecule has 18 heavy (non-hydrogen) atoms. The van der Waals surface area contributed by atoms with E-state index in [0.29, 0.717) is 23.6 Å². The van der Waals surface area contributed by atoms with Crippen LogP contribution in [0, 0.1) is 0 Å². The number of ether oxygens (including phenoxy) is 2. The summed E-state index contributed by atoms with van der Waals surface area (Å²) in [6, 6.07) is 4.98. The molecule has 0 bridgehead atoms. The van der Waals surface area contributed by atoms with Crippen molar-refractivity contribution in [1.82, 2.24) is 0 Å². The fourth-order valence-corrected chi connectivity index (χ4v) is 1.70. The summed E-state index contributed by atoms with van der Waals surface area (Å²) in [5.74, 6) is 0.116. The highest BCUT2D eigenvalue weighted by molar-refractivity contribution is 5.93. The Hall–Kier alpha value is -1.71. The quantitative estimate of drug-likeness (QED) is 0.623. The zero-order chi connectivity index (χ0) is 13.5. The summed E-state index contributed by atoms with van der Waals surface area (Å²) in [5.41, 5.74) is 6.72. The van der Waals surface area contributed by atoms with Gasteiger partial charge in [0.2, 0.25) is 0 Å². The van der Waals surface area contributed by atoms with Crippen molar-refractivity contribution in [2.75, 3.05) is 12.3 Å². The average molecular weight is 251 g/mol. The number of hydrogen-bond donors (Lipinski definition) is 1. The van der Waals surface area contributed by atoms with Gasteiger partial charge in [-0.05, 0) is 32.4 Å². The first kappa shape index (κ1) is 14.4. The number of nitrogens with two attached hydrogens (primary N) is 1. The Morgan fingerprint density at radius 2 is 2.11 bits per heavy atom. The van der Waals surface area contributed by atoms with Crippen molar-refractivity contribution >= 4 is 11.7 Å². The van der Waals surface area contributed by atoms with E-state index in [1.165, 1.54) is 0 Å². The van der Waals surface area contributed by atoms with Crippen LogP contribution in [0.5, 0.6) is 5.75 Å². The predicted octanol–water partition coefficient (Wildman–Crippen LogP) is 3.01. The molecule has 0 aliphatic heterocycles. The summed E-state index contributed by atoms with van der Waals surface area (Å²) >= 11 is 0. The van der Waals surface area contributed by atoms with Crippen LogP contribution < -0.4 is 10.5 Å². The Morgan fingerprint density at radius 3 is 2.72 bits per heavy atom. The van der Waals surface area contributed by atoms with Crippen molar-refractivity contribution in [3.8, 4) is 5.75 Å². The third kappa shape index (κ3) is 3.95. The predicted molar refractivity (Wildman–Crippen MR) is 71.8 cm³/mol. The molecule has 0 saturated carbocycles. The first-order valence-electron chi connectivity index (χ1n) is 6.31. The lowest BCUT2D eigenvalue weighted by Crippen LogP contribution is -2.15. The van der Waals surface area contributed by atoms with Gasteiger partial charge in [0.05, 0.1) is 12.7 Å². The Kier molecular flexibility index (Phi) is 5.49. The minimum absolute atomic E-state index is 0.0463. The molecule has 1 aromatic rings. The van der Waals surface area contributed by atoms with Crippen LogP contribution in [-0.2, 0) is 4.74 Å². The molecular weight excluding hydrogens is 230 g/mol. The zero-order valence-corrected chi connectivity index (χ0v) is 11.2. The van der Waals surface area contributed by atoms with E-state index in [2.05, 4.69) is 6.92 Å². The summed E-state index contributed by atoms with van der Waals surface area (Å²) in [6.07, 6.45) is 2.00. The van der Waals surface area contributed by atoms with Crippen LogP contribution in [0.2, 0.25) is 0 Å². The molecule has 1 aromatic carbocycles. The van der Waals surface area contributed by atoms with Gasteiger partial charge in [-0.2, -0.15) is 0 Å². The molecular formula is C14H21NO3.